The van der Waals surface area contributed by atoms with Gasteiger partial charge in [-0.15, -0.1) is 0 Å². The van der Waals surface area contributed by atoms with Crippen molar-refractivity contribution in [2.75, 3.05) is 0 Å². The summed E-state index contributed by atoms with van der Waals surface area (Å²) in [7, 11) is 0. The lowest BCUT2D eigenvalue weighted by Crippen LogP contribution is -1.95. The molecule has 0 aliphatic heterocycles. The summed E-state index contributed by atoms with van der Waals surface area (Å²) < 4.78 is 0. The van der Waals surface area contributed by atoms with E-state index in [0.717, 1.165) is 28.3 Å². The van der Waals surface area contributed by atoms with Crippen LogP contribution in [0.5, 0.6) is 0 Å². The number of nitrogens with zero attached hydrogens (tertiary/aromatic N) is 2. The van der Waals surface area contributed by atoms with E-state index in [1.807, 2.05) is 31.2 Å². The van der Waals surface area contributed by atoms with Crippen molar-refractivity contribution in [2.24, 2.45) is 0 Å². The first-order chi connectivity index (χ1) is 14.7. The minimum atomic E-state index is 0.760. The summed E-state index contributed by atoms with van der Waals surface area (Å²) in [6.07, 6.45) is 0. The molecule has 5 aromatic rings. The average Bonchev–Trinajstić information content (AvgIpc) is 2.80. The second kappa shape index (κ2) is 7.57. The number of aryl methyl sites for hydroxylation is 2. The monoisotopic (exact) mass is 386 g/mol. The van der Waals surface area contributed by atoms with Crippen LogP contribution in [0.3, 0.4) is 0 Å². The van der Waals surface area contributed by atoms with E-state index in [1.54, 1.807) is 0 Å². The third-order valence-electron chi connectivity index (χ3n) is 5.58. The van der Waals surface area contributed by atoms with Gasteiger partial charge in [0.05, 0.1) is 5.69 Å². The van der Waals surface area contributed by atoms with Crippen molar-refractivity contribution in [3.05, 3.63) is 108 Å². The molecule has 0 saturated heterocycles. The fourth-order valence-corrected chi connectivity index (χ4v) is 3.99. The molecule has 2 nitrogen and oxygen atoms in total. The zero-order valence-electron chi connectivity index (χ0n) is 17.1. The fraction of sp³-hybridized carbons (Fsp3) is 0.0714. The minimum absolute atomic E-state index is 0.760. The predicted molar refractivity (Wildman–Crippen MR) is 125 cm³/mol. The van der Waals surface area contributed by atoms with Crippen LogP contribution in [0, 0.1) is 13.8 Å². The van der Waals surface area contributed by atoms with Crippen LogP contribution in [0.25, 0.3) is 44.5 Å². The lowest BCUT2D eigenvalue weighted by Gasteiger charge is -2.11. The van der Waals surface area contributed by atoms with E-state index in [-0.39, 0.29) is 0 Å². The standard InChI is InChI=1S/C28H22N2/c1-19-18-27(23-9-4-3-5-10-23)30-28(29-19)24-14-12-22(13-15-24)26-17-16-21-8-6-7-11-25(21)20(26)2/h3-18H,1-2H3. The van der Waals surface area contributed by atoms with Crippen molar-refractivity contribution in [2.45, 2.75) is 13.8 Å². The first kappa shape index (κ1) is 18.3. The first-order valence-electron chi connectivity index (χ1n) is 10.2. The summed E-state index contributed by atoms with van der Waals surface area (Å²) >= 11 is 0. The van der Waals surface area contributed by atoms with Gasteiger partial charge in [0.2, 0.25) is 0 Å². The van der Waals surface area contributed by atoms with Crippen molar-refractivity contribution < 1.29 is 0 Å². The zero-order chi connectivity index (χ0) is 20.5. The Labute approximate surface area is 176 Å². The summed E-state index contributed by atoms with van der Waals surface area (Å²) in [5.41, 5.74) is 7.82. The van der Waals surface area contributed by atoms with Crippen LogP contribution in [0.2, 0.25) is 0 Å². The van der Waals surface area contributed by atoms with Crippen molar-refractivity contribution in [3.63, 3.8) is 0 Å². The Morgan fingerprint density at radius 2 is 1.27 bits per heavy atom. The van der Waals surface area contributed by atoms with E-state index in [1.165, 1.54) is 27.5 Å². The van der Waals surface area contributed by atoms with Gasteiger partial charge in [0, 0.05) is 16.8 Å². The number of hydrogen-bond acceptors (Lipinski definition) is 2. The van der Waals surface area contributed by atoms with Crippen molar-refractivity contribution in [1.29, 1.82) is 0 Å². The summed E-state index contributed by atoms with van der Waals surface area (Å²) in [6, 6.07) is 33.8. The number of hydrogen-bond donors (Lipinski definition) is 0. The number of fused-ring (bicyclic) bond motifs is 1. The summed E-state index contributed by atoms with van der Waals surface area (Å²) in [4.78, 5) is 9.50. The summed E-state index contributed by atoms with van der Waals surface area (Å²) in [6.45, 7) is 4.21. The third-order valence-corrected chi connectivity index (χ3v) is 5.58. The van der Waals surface area contributed by atoms with Crippen LogP contribution in [0.4, 0.5) is 0 Å². The van der Waals surface area contributed by atoms with Gasteiger partial charge in [-0.1, -0.05) is 91.0 Å². The molecule has 0 atom stereocenters. The van der Waals surface area contributed by atoms with E-state index in [4.69, 9.17) is 4.98 Å². The normalized spacial score (nSPS) is 11.0. The molecule has 30 heavy (non-hydrogen) atoms. The van der Waals surface area contributed by atoms with Crippen LogP contribution in [-0.4, -0.2) is 9.97 Å². The minimum Gasteiger partial charge on any atom is -0.233 e. The predicted octanol–water partition coefficient (Wildman–Crippen LogP) is 7.25. The first-order valence-corrected chi connectivity index (χ1v) is 10.2. The van der Waals surface area contributed by atoms with Gasteiger partial charge < -0.3 is 0 Å². The van der Waals surface area contributed by atoms with Gasteiger partial charge in [0.15, 0.2) is 5.82 Å². The van der Waals surface area contributed by atoms with Gasteiger partial charge >= 0.3 is 0 Å². The molecule has 0 aliphatic carbocycles. The van der Waals surface area contributed by atoms with Crippen LogP contribution < -0.4 is 0 Å². The van der Waals surface area contributed by atoms with E-state index < -0.39 is 0 Å². The van der Waals surface area contributed by atoms with Gasteiger partial charge in [-0.3, -0.25) is 0 Å². The van der Waals surface area contributed by atoms with Crippen molar-refractivity contribution in [1.82, 2.24) is 9.97 Å². The van der Waals surface area contributed by atoms with Crippen molar-refractivity contribution >= 4 is 10.8 Å². The van der Waals surface area contributed by atoms with Crippen LogP contribution in [0.15, 0.2) is 97.1 Å². The van der Waals surface area contributed by atoms with Crippen LogP contribution in [0.1, 0.15) is 11.3 Å². The molecular formula is C28H22N2. The Balaban J connectivity index is 1.53. The topological polar surface area (TPSA) is 25.8 Å². The lowest BCUT2D eigenvalue weighted by atomic mass is 9.94. The average molecular weight is 386 g/mol. The molecule has 1 aromatic heterocycles. The molecule has 0 bridgehead atoms. The molecule has 1 heterocycles. The molecule has 5 rings (SSSR count). The number of rotatable bonds is 3. The Hall–Kier alpha value is -3.78. The highest BCUT2D eigenvalue weighted by Crippen LogP contribution is 2.31. The molecule has 0 saturated carbocycles. The fourth-order valence-electron chi connectivity index (χ4n) is 3.99. The molecule has 0 amide bonds. The molecule has 0 N–H and O–H groups in total. The number of benzene rings is 4. The van der Waals surface area contributed by atoms with Crippen molar-refractivity contribution in [3.8, 4) is 33.8 Å². The molecule has 2 heteroatoms. The number of aromatic nitrogens is 2. The van der Waals surface area contributed by atoms with Gasteiger partial charge in [0.1, 0.15) is 0 Å². The molecule has 144 valence electrons. The van der Waals surface area contributed by atoms with Gasteiger partial charge in [-0.05, 0) is 47.4 Å². The summed E-state index contributed by atoms with van der Waals surface area (Å²) in [5, 5.41) is 2.57. The van der Waals surface area contributed by atoms with Crippen LogP contribution >= 0.6 is 0 Å². The molecule has 0 spiro atoms. The lowest BCUT2D eigenvalue weighted by molar-refractivity contribution is 1.12. The quantitative estimate of drug-likeness (QED) is 0.326. The van der Waals surface area contributed by atoms with Gasteiger partial charge in [-0.2, -0.15) is 0 Å². The molecule has 0 unspecified atom stereocenters. The zero-order valence-corrected chi connectivity index (χ0v) is 17.1. The maximum Gasteiger partial charge on any atom is 0.160 e. The van der Waals surface area contributed by atoms with E-state index >= 15 is 0 Å². The SMILES string of the molecule is Cc1cc(-c2ccccc2)nc(-c2ccc(-c3ccc4ccccc4c3C)cc2)n1. The molecular weight excluding hydrogens is 364 g/mol. The highest BCUT2D eigenvalue weighted by atomic mass is 14.9. The Kier molecular flexibility index (Phi) is 4.61. The van der Waals surface area contributed by atoms with E-state index in [2.05, 4.69) is 84.7 Å². The molecule has 0 fully saturated rings. The highest BCUT2D eigenvalue weighted by Gasteiger charge is 2.09. The highest BCUT2D eigenvalue weighted by molar-refractivity contribution is 5.91. The van der Waals surface area contributed by atoms with E-state index in [0.29, 0.717) is 0 Å². The third kappa shape index (κ3) is 3.37. The Morgan fingerprint density at radius 3 is 2.07 bits per heavy atom. The second-order valence-electron chi connectivity index (χ2n) is 7.62. The van der Waals surface area contributed by atoms with Gasteiger partial charge in [0.25, 0.3) is 0 Å². The largest absolute Gasteiger partial charge is 0.233 e. The van der Waals surface area contributed by atoms with Gasteiger partial charge in [-0.25, -0.2) is 9.97 Å². The second-order valence-corrected chi connectivity index (χ2v) is 7.62. The summed E-state index contributed by atoms with van der Waals surface area (Å²) in [5.74, 6) is 0.760. The Morgan fingerprint density at radius 1 is 0.567 bits per heavy atom. The molecule has 0 aliphatic rings. The maximum absolute atomic E-state index is 4.82. The maximum atomic E-state index is 4.82. The smallest absolute Gasteiger partial charge is 0.160 e. The Bertz CT molecular complexity index is 1340. The molecule has 0 radical (unpaired) electrons. The molecule has 4 aromatic carbocycles. The van der Waals surface area contributed by atoms with Crippen LogP contribution in [-0.2, 0) is 0 Å². The van der Waals surface area contributed by atoms with E-state index in [9.17, 15) is 0 Å².